The minimum Gasteiger partial charge on any atom is -0.329 e. The normalized spacial score (nSPS) is 13.6. The molecule has 5 aliphatic rings. The molecule has 0 aliphatic carbocycles. The van der Waals surface area contributed by atoms with Crippen molar-refractivity contribution < 1.29 is 26.6 Å². The molecule has 0 N–H and O–H groups in total. The van der Waals surface area contributed by atoms with Gasteiger partial charge in [0.15, 0.2) is 52.0 Å². The molecule has 0 saturated carbocycles. The van der Waals surface area contributed by atoms with Gasteiger partial charge in [-0.25, -0.2) is 36.7 Å². The highest BCUT2D eigenvalue weighted by atomic mass is 32.1. The number of fused-ring (bicyclic) bond motifs is 35. The Labute approximate surface area is 562 Å². The lowest BCUT2D eigenvalue weighted by molar-refractivity contribution is -0.670. The molecule has 5 aliphatic heterocycles. The number of hydrogen-bond acceptors (Lipinski definition) is 9. The van der Waals surface area contributed by atoms with Crippen LogP contribution in [-0.2, 0) is 46.7 Å². The molecule has 0 fully saturated rings. The second-order valence-corrected chi connectivity index (χ2v) is 26.9. The number of aromatic nitrogens is 20. The zero-order chi connectivity index (χ0) is 66.2. The van der Waals surface area contributed by atoms with Gasteiger partial charge in [-0.05, 0) is 114 Å². The van der Waals surface area contributed by atoms with E-state index in [1.807, 2.05) is 91.5 Å². The quantitative estimate of drug-likeness (QED) is 0.137. The van der Waals surface area contributed by atoms with Crippen molar-refractivity contribution in [1.29, 1.82) is 0 Å². The predicted octanol–water partition coefficient (Wildman–Crippen LogP) is 10.7. The number of rotatable bonds is 0. The lowest BCUT2D eigenvalue weighted by atomic mass is 10.1. The summed E-state index contributed by atoms with van der Waals surface area (Å²) < 4.78 is 52.2. The van der Waals surface area contributed by atoms with E-state index >= 15 is 0 Å². The molecule has 0 atom stereocenters. The highest BCUT2D eigenvalue weighted by molar-refractivity contribution is 7.21. The summed E-state index contributed by atoms with van der Waals surface area (Å²) in [6.07, 6.45) is 42.0. The van der Waals surface area contributed by atoms with Gasteiger partial charge in [-0.2, -0.15) is 13.5 Å². The minimum absolute atomic E-state index is 0.651. The van der Waals surface area contributed by atoms with Crippen LogP contribution in [0, 0.1) is 0 Å². The maximum atomic E-state index is 7.91. The molecule has 22 heteroatoms. The van der Waals surface area contributed by atoms with Gasteiger partial charge < -0.3 is 9.13 Å². The Morgan fingerprint density at radius 2 is 1.03 bits per heavy atom. The molecule has 25 heterocycles. The third kappa shape index (κ3) is 7.89. The molecular weight excluding hydrogens is 1250 g/mol. The lowest BCUT2D eigenvalue weighted by Crippen LogP contribution is -2.30. The van der Waals surface area contributed by atoms with Crippen LogP contribution in [0.2, 0.25) is 0 Å². The predicted molar refractivity (Wildman–Crippen MR) is 370 cm³/mol. The van der Waals surface area contributed by atoms with Gasteiger partial charge in [0.05, 0.1) is 58.7 Å². The first-order chi connectivity index (χ1) is 49.1. The maximum Gasteiger partial charge on any atom is 0.374 e. The van der Waals surface area contributed by atoms with Crippen molar-refractivity contribution in [2.24, 2.45) is 14.0 Å². The van der Waals surface area contributed by atoms with Crippen molar-refractivity contribution in [3.05, 3.63) is 267 Å². The van der Waals surface area contributed by atoms with Crippen LogP contribution >= 0.6 is 22.7 Å². The summed E-state index contributed by atoms with van der Waals surface area (Å²) in [6, 6.07) is 36.9. The van der Waals surface area contributed by atoms with Crippen molar-refractivity contribution in [3.8, 4) is 55.0 Å². The van der Waals surface area contributed by atoms with E-state index in [1.54, 1.807) is 18.5 Å². The lowest BCUT2D eigenvalue weighted by Gasteiger charge is -1.93. The molecule has 0 saturated heterocycles. The van der Waals surface area contributed by atoms with E-state index in [4.69, 9.17) is 4.11 Å². The SMILES string of the molecule is Cn1c2cccnc2c2c1sc1[n+]2Cc2cnccc2-1.[2H]C([2H])([2H])n1c2cccnc2c2c1sc1[n+]2Cc2cnccc2-1.c1ccn2c(c1)c[n+]1cc3n(c21)Cc1cnccc1-3.c1ccn2c(c1)c[n+]1cn3c(c21)-c1ccncc1C3.c1ccn2c(c1)cn1c3[n+](cc12)Cc1cnccc1-3. The Kier molecular flexibility index (Phi) is 10.8. The van der Waals surface area contributed by atoms with Crippen LogP contribution < -0.4 is 22.5 Å². The van der Waals surface area contributed by atoms with Gasteiger partial charge in [0.25, 0.3) is 38.2 Å². The molecule has 0 radical (unpaired) electrons. The first-order valence-corrected chi connectivity index (χ1v) is 33.5. The minimum atomic E-state index is -2.23. The van der Waals surface area contributed by atoms with Gasteiger partial charge in [0.2, 0.25) is 0 Å². The number of nitrogens with zero attached hydrogens (tertiary/aromatic N) is 20. The fourth-order valence-electron chi connectivity index (χ4n) is 15.3. The van der Waals surface area contributed by atoms with Gasteiger partial charge in [0.1, 0.15) is 48.1 Å². The van der Waals surface area contributed by atoms with Crippen molar-refractivity contribution in [3.63, 3.8) is 0 Å². The molecule has 20 aromatic heterocycles. The topological polar surface area (TPSA) is 147 Å². The average molecular weight is 1300 g/mol. The zero-order valence-corrected chi connectivity index (χ0v) is 53.4. The fourth-order valence-corrected chi connectivity index (χ4v) is 17.9. The van der Waals surface area contributed by atoms with Gasteiger partial charge >= 0.3 is 5.78 Å². The Morgan fingerprint density at radius 3 is 1.71 bits per heavy atom. The van der Waals surface area contributed by atoms with E-state index in [9.17, 15) is 0 Å². The molecule has 0 amide bonds. The van der Waals surface area contributed by atoms with Crippen LogP contribution in [0.4, 0.5) is 0 Å². The highest BCUT2D eigenvalue weighted by Crippen LogP contribution is 2.41. The van der Waals surface area contributed by atoms with Crippen molar-refractivity contribution in [1.82, 2.24) is 70.8 Å². The monoisotopic (exact) mass is 1300 g/mol. The molecule has 0 bridgehead atoms. The highest BCUT2D eigenvalue weighted by Gasteiger charge is 2.38. The largest absolute Gasteiger partial charge is 0.374 e. The summed E-state index contributed by atoms with van der Waals surface area (Å²) in [7, 11) is 2.12. The molecule has 97 heavy (non-hydrogen) atoms. The first-order valence-electron chi connectivity index (χ1n) is 33.4. The molecular formula is C75H55N20S2+5. The summed E-state index contributed by atoms with van der Waals surface area (Å²) in [6.45, 7) is 2.09. The van der Waals surface area contributed by atoms with Crippen LogP contribution in [0.25, 0.3) is 131 Å². The molecule has 20 aromatic rings. The number of imidazole rings is 6. The van der Waals surface area contributed by atoms with Crippen molar-refractivity contribution in [2.45, 2.75) is 32.7 Å². The number of pyridine rings is 10. The summed E-state index contributed by atoms with van der Waals surface area (Å²) in [5.41, 5.74) is 27.1. The van der Waals surface area contributed by atoms with E-state index in [0.29, 0.717) is 12.1 Å². The zero-order valence-electron chi connectivity index (χ0n) is 54.8. The van der Waals surface area contributed by atoms with Crippen LogP contribution in [0.15, 0.2) is 239 Å². The van der Waals surface area contributed by atoms with Gasteiger partial charge in [0, 0.05) is 138 Å². The first kappa shape index (κ1) is 51.1. The molecule has 0 aromatic carbocycles. The second kappa shape index (κ2) is 20.6. The summed E-state index contributed by atoms with van der Waals surface area (Å²) in [5.74, 6) is 2.44. The molecule has 0 unspecified atom stereocenters. The number of hydrogen-bond donors (Lipinski definition) is 0. The summed E-state index contributed by atoms with van der Waals surface area (Å²) in [5, 5.41) is 2.38. The van der Waals surface area contributed by atoms with E-state index in [2.05, 4.69) is 237 Å². The molecule has 25 rings (SSSR count). The summed E-state index contributed by atoms with van der Waals surface area (Å²) >= 11 is 3.35. The van der Waals surface area contributed by atoms with Crippen LogP contribution in [0.3, 0.4) is 0 Å². The van der Waals surface area contributed by atoms with Gasteiger partial charge in [-0.1, -0.05) is 18.2 Å². The van der Waals surface area contributed by atoms with E-state index in [-0.39, 0.29) is 0 Å². The van der Waals surface area contributed by atoms with Crippen LogP contribution in [-0.4, -0.2) is 70.8 Å². The van der Waals surface area contributed by atoms with Crippen molar-refractivity contribution >= 4 is 99.1 Å². The molecule has 20 nitrogen and oxygen atoms in total. The number of thiazole rings is 2. The van der Waals surface area contributed by atoms with Crippen LogP contribution in [0.1, 0.15) is 31.9 Å². The van der Waals surface area contributed by atoms with E-state index in [0.717, 1.165) is 63.7 Å². The smallest absolute Gasteiger partial charge is 0.329 e. The Morgan fingerprint density at radius 1 is 0.474 bits per heavy atom. The number of aryl methyl sites for hydroxylation is 2. The second-order valence-electron chi connectivity index (χ2n) is 24.9. The average Bonchev–Trinajstić information content (AvgIpc) is 1.58. The Balaban J connectivity index is 0.0000000820. The standard InChI is InChI=1S/2C15H11N4S.3C15H11N4/c2*1-18-11-3-2-5-17-12(11)13-15(18)20-14-10-4-6-16-7-9(10)8-19(13)14;1-2-6-19-12(3-1)9-18-10-17-8-11-7-16-5-4-13(11)14(17)15(18)19;1-2-6-18-12(3-1)9-19-14(18)10-17-8-11-7-16-5-4-13(11)15(17)19;1-2-6-18-12(3-1)9-17-10-14-13-4-5-16-7-11(13)8-19(14)15(17)18/h2*2-7H,8H2,1H3;3*1-7,9-10H,8H2/q5*+1/i1D3;;;;. The third-order valence-electron chi connectivity index (χ3n) is 19.6. The summed E-state index contributed by atoms with van der Waals surface area (Å²) in [4.78, 5) is 32.2. The van der Waals surface area contributed by atoms with Gasteiger partial charge in [-0.3, -0.25) is 33.9 Å². The van der Waals surface area contributed by atoms with E-state index in [1.165, 1.54) is 132 Å². The Hall–Kier alpha value is -12.4. The Bertz CT molecular complexity index is 6820. The van der Waals surface area contributed by atoms with Gasteiger partial charge in [-0.15, -0.1) is 0 Å². The van der Waals surface area contributed by atoms with Crippen LogP contribution in [0.5, 0.6) is 0 Å². The maximum absolute atomic E-state index is 7.91. The molecule has 0 spiro atoms. The fraction of sp³-hybridized carbons (Fsp3) is 0.0933. The molecule has 462 valence electrons. The third-order valence-corrected chi connectivity index (χ3v) is 22.1. The van der Waals surface area contributed by atoms with Crippen molar-refractivity contribution in [2.75, 3.05) is 0 Å². The van der Waals surface area contributed by atoms with E-state index < -0.39 is 6.98 Å².